The molecular formula is C19H28N2O4. The van der Waals surface area contributed by atoms with Crippen molar-refractivity contribution in [3.63, 3.8) is 0 Å². The van der Waals surface area contributed by atoms with Gasteiger partial charge in [0, 0.05) is 24.6 Å². The SMILES string of the molecule is CCc1ccc(C(=O)NC[C@@H]2CN(C(=O)OC(C)(C)C)C[C@H]2O)cc1. The third kappa shape index (κ3) is 5.46. The van der Waals surface area contributed by atoms with Crippen molar-refractivity contribution in [1.29, 1.82) is 0 Å². The quantitative estimate of drug-likeness (QED) is 0.874. The Bertz CT molecular complexity index is 607. The zero-order valence-electron chi connectivity index (χ0n) is 15.4. The molecule has 138 valence electrons. The highest BCUT2D eigenvalue weighted by molar-refractivity contribution is 5.94. The van der Waals surface area contributed by atoms with E-state index in [0.29, 0.717) is 18.7 Å². The lowest BCUT2D eigenvalue weighted by atomic mass is 10.1. The normalized spacial score (nSPS) is 20.4. The van der Waals surface area contributed by atoms with E-state index < -0.39 is 17.8 Å². The molecular weight excluding hydrogens is 320 g/mol. The fourth-order valence-electron chi connectivity index (χ4n) is 2.75. The van der Waals surface area contributed by atoms with E-state index in [1.807, 2.05) is 12.1 Å². The molecule has 2 amide bonds. The molecule has 0 aliphatic carbocycles. The van der Waals surface area contributed by atoms with Crippen LogP contribution in [0.1, 0.15) is 43.6 Å². The molecule has 1 saturated heterocycles. The van der Waals surface area contributed by atoms with Gasteiger partial charge in [-0.25, -0.2) is 4.79 Å². The van der Waals surface area contributed by atoms with Crippen molar-refractivity contribution in [2.24, 2.45) is 5.92 Å². The lowest BCUT2D eigenvalue weighted by Crippen LogP contribution is -2.36. The second-order valence-electron chi connectivity index (χ2n) is 7.47. The molecule has 0 unspecified atom stereocenters. The molecule has 1 fully saturated rings. The number of benzene rings is 1. The number of hydrogen-bond donors (Lipinski definition) is 2. The Hall–Kier alpha value is -2.08. The van der Waals surface area contributed by atoms with Crippen LogP contribution in [0.5, 0.6) is 0 Å². The number of nitrogens with one attached hydrogen (secondary N) is 1. The number of β-amino-alcohol motifs (C(OH)–C–C–N with tert-alkyl or cyclic N) is 1. The first kappa shape index (κ1) is 19.2. The third-order valence-electron chi connectivity index (χ3n) is 4.21. The van der Waals surface area contributed by atoms with Crippen LogP contribution in [0.15, 0.2) is 24.3 Å². The lowest BCUT2D eigenvalue weighted by molar-refractivity contribution is 0.0269. The summed E-state index contributed by atoms with van der Waals surface area (Å²) in [4.78, 5) is 25.8. The van der Waals surface area contributed by atoms with Crippen LogP contribution < -0.4 is 5.32 Å². The highest BCUT2D eigenvalue weighted by Gasteiger charge is 2.36. The number of aliphatic hydroxyl groups is 1. The number of rotatable bonds is 4. The highest BCUT2D eigenvalue weighted by Crippen LogP contribution is 2.19. The summed E-state index contributed by atoms with van der Waals surface area (Å²) in [5.41, 5.74) is 1.20. The predicted molar refractivity (Wildman–Crippen MR) is 95.5 cm³/mol. The molecule has 0 radical (unpaired) electrons. The molecule has 1 aromatic rings. The minimum absolute atomic E-state index is 0.175. The second kappa shape index (κ2) is 7.87. The predicted octanol–water partition coefficient (Wildman–Crippen LogP) is 2.21. The molecule has 1 aliphatic rings. The van der Waals surface area contributed by atoms with E-state index in [1.54, 1.807) is 32.9 Å². The van der Waals surface area contributed by atoms with Crippen molar-refractivity contribution < 1.29 is 19.4 Å². The largest absolute Gasteiger partial charge is 0.444 e. The molecule has 6 heteroatoms. The maximum absolute atomic E-state index is 12.2. The number of amides is 2. The Morgan fingerprint density at radius 1 is 1.24 bits per heavy atom. The standard InChI is InChI=1S/C19H28N2O4/c1-5-13-6-8-14(9-7-13)17(23)20-10-15-11-21(12-16(15)22)18(24)25-19(2,3)4/h6-9,15-16,22H,5,10-12H2,1-4H3,(H,20,23)/t15-,16-/m1/s1. The molecule has 2 N–H and O–H groups in total. The van der Waals surface area contributed by atoms with Gasteiger partial charge in [-0.3, -0.25) is 4.79 Å². The molecule has 0 saturated carbocycles. The summed E-state index contributed by atoms with van der Waals surface area (Å²) in [6, 6.07) is 7.46. The molecule has 1 aliphatic heterocycles. The molecule has 1 heterocycles. The number of aliphatic hydroxyl groups excluding tert-OH is 1. The van der Waals surface area contributed by atoms with Gasteiger partial charge in [-0.2, -0.15) is 0 Å². The molecule has 0 spiro atoms. The van der Waals surface area contributed by atoms with Gasteiger partial charge in [0.1, 0.15) is 5.60 Å². The summed E-state index contributed by atoms with van der Waals surface area (Å²) in [6.07, 6.45) is -0.178. The Morgan fingerprint density at radius 2 is 1.88 bits per heavy atom. The van der Waals surface area contributed by atoms with E-state index in [9.17, 15) is 14.7 Å². The van der Waals surface area contributed by atoms with Crippen LogP contribution >= 0.6 is 0 Å². The van der Waals surface area contributed by atoms with E-state index in [1.165, 1.54) is 10.5 Å². The fraction of sp³-hybridized carbons (Fsp3) is 0.579. The number of hydrogen-bond acceptors (Lipinski definition) is 4. The van der Waals surface area contributed by atoms with Gasteiger partial charge in [0.15, 0.2) is 0 Å². The van der Waals surface area contributed by atoms with E-state index in [2.05, 4.69) is 12.2 Å². The summed E-state index contributed by atoms with van der Waals surface area (Å²) < 4.78 is 5.32. The van der Waals surface area contributed by atoms with Crippen LogP contribution in [0.2, 0.25) is 0 Å². The van der Waals surface area contributed by atoms with Crippen molar-refractivity contribution in [2.45, 2.75) is 45.8 Å². The van der Waals surface area contributed by atoms with Crippen molar-refractivity contribution in [3.05, 3.63) is 35.4 Å². The van der Waals surface area contributed by atoms with Crippen LogP contribution in [0.25, 0.3) is 0 Å². The smallest absolute Gasteiger partial charge is 0.410 e. The minimum Gasteiger partial charge on any atom is -0.444 e. The van der Waals surface area contributed by atoms with Crippen LogP contribution in [-0.4, -0.2) is 53.3 Å². The van der Waals surface area contributed by atoms with E-state index in [4.69, 9.17) is 4.74 Å². The Balaban J connectivity index is 1.86. The van der Waals surface area contributed by atoms with Crippen LogP contribution in [-0.2, 0) is 11.2 Å². The van der Waals surface area contributed by atoms with Crippen LogP contribution in [0, 0.1) is 5.92 Å². The van der Waals surface area contributed by atoms with Crippen LogP contribution in [0.3, 0.4) is 0 Å². The lowest BCUT2D eigenvalue weighted by Gasteiger charge is -2.24. The van der Waals surface area contributed by atoms with Gasteiger partial charge in [-0.1, -0.05) is 19.1 Å². The monoisotopic (exact) mass is 348 g/mol. The first-order chi connectivity index (χ1) is 11.7. The molecule has 0 bridgehead atoms. The van der Waals surface area contributed by atoms with Gasteiger partial charge in [-0.15, -0.1) is 0 Å². The topological polar surface area (TPSA) is 78.9 Å². The first-order valence-corrected chi connectivity index (χ1v) is 8.72. The van der Waals surface area contributed by atoms with Crippen molar-refractivity contribution in [1.82, 2.24) is 10.2 Å². The van der Waals surface area contributed by atoms with Gasteiger partial charge >= 0.3 is 6.09 Å². The van der Waals surface area contributed by atoms with Gasteiger partial charge in [0.05, 0.1) is 12.6 Å². The van der Waals surface area contributed by atoms with E-state index in [0.717, 1.165) is 6.42 Å². The van der Waals surface area contributed by atoms with Gasteiger partial charge in [0.25, 0.3) is 5.91 Å². The summed E-state index contributed by atoms with van der Waals surface area (Å²) in [6.45, 7) is 8.38. The number of carbonyl (C=O) groups excluding carboxylic acids is 2. The Labute approximate surface area is 149 Å². The summed E-state index contributed by atoms with van der Waals surface area (Å²) in [5, 5.41) is 13.0. The molecule has 0 aromatic heterocycles. The fourth-order valence-corrected chi connectivity index (χ4v) is 2.75. The van der Waals surface area contributed by atoms with Gasteiger partial charge in [-0.05, 0) is 44.9 Å². The number of aryl methyl sites for hydroxylation is 1. The Morgan fingerprint density at radius 3 is 2.44 bits per heavy atom. The maximum Gasteiger partial charge on any atom is 0.410 e. The first-order valence-electron chi connectivity index (χ1n) is 8.72. The highest BCUT2D eigenvalue weighted by atomic mass is 16.6. The number of nitrogens with zero attached hydrogens (tertiary/aromatic N) is 1. The molecule has 2 atom stereocenters. The molecule has 1 aromatic carbocycles. The minimum atomic E-state index is -0.671. The third-order valence-corrected chi connectivity index (χ3v) is 4.21. The molecule has 25 heavy (non-hydrogen) atoms. The number of carbonyl (C=O) groups is 2. The maximum atomic E-state index is 12.2. The second-order valence-corrected chi connectivity index (χ2v) is 7.47. The van der Waals surface area contributed by atoms with Gasteiger partial charge in [0.2, 0.25) is 0 Å². The zero-order chi connectivity index (χ0) is 18.6. The van der Waals surface area contributed by atoms with Crippen molar-refractivity contribution >= 4 is 12.0 Å². The summed E-state index contributed by atoms with van der Waals surface area (Å²) >= 11 is 0. The summed E-state index contributed by atoms with van der Waals surface area (Å²) in [7, 11) is 0. The van der Waals surface area contributed by atoms with Crippen LogP contribution in [0.4, 0.5) is 4.79 Å². The molecule has 2 rings (SSSR count). The van der Waals surface area contributed by atoms with Crippen molar-refractivity contribution in [2.75, 3.05) is 19.6 Å². The number of ether oxygens (including phenoxy) is 1. The average molecular weight is 348 g/mol. The summed E-state index contributed by atoms with van der Waals surface area (Å²) in [5.74, 6) is -0.378. The Kier molecular flexibility index (Phi) is 6.06. The average Bonchev–Trinajstić information content (AvgIpc) is 2.92. The zero-order valence-corrected chi connectivity index (χ0v) is 15.4. The number of likely N-dealkylation sites (tertiary alicyclic amines) is 1. The molecule has 6 nitrogen and oxygen atoms in total. The van der Waals surface area contributed by atoms with Crippen molar-refractivity contribution in [3.8, 4) is 0 Å². The van der Waals surface area contributed by atoms with E-state index >= 15 is 0 Å². The van der Waals surface area contributed by atoms with E-state index in [-0.39, 0.29) is 18.4 Å². The van der Waals surface area contributed by atoms with Gasteiger partial charge < -0.3 is 20.1 Å².